The van der Waals surface area contributed by atoms with Gasteiger partial charge in [0, 0.05) is 12.6 Å². The Labute approximate surface area is 159 Å². The highest BCUT2D eigenvalue weighted by Gasteiger charge is 2.10. The van der Waals surface area contributed by atoms with E-state index in [2.05, 4.69) is 5.32 Å². The first-order valence-electron chi connectivity index (χ1n) is 6.82. The zero-order valence-electron chi connectivity index (χ0n) is 12.6. The van der Waals surface area contributed by atoms with E-state index in [1.807, 2.05) is 0 Å². The van der Waals surface area contributed by atoms with Gasteiger partial charge in [0.1, 0.15) is 5.75 Å². The summed E-state index contributed by atoms with van der Waals surface area (Å²) >= 11 is 17.6. The number of halogens is 3. The Balaban J connectivity index is 1.88. The van der Waals surface area contributed by atoms with Crippen molar-refractivity contribution in [3.63, 3.8) is 0 Å². The third kappa shape index (κ3) is 5.76. The molecular weight excluding hydrogens is 411 g/mol. The summed E-state index contributed by atoms with van der Waals surface area (Å²) in [5.41, 5.74) is 0.702. The van der Waals surface area contributed by atoms with Crippen molar-refractivity contribution in [2.75, 3.05) is 6.61 Å². The molecule has 0 spiro atoms. The molecule has 0 radical (unpaired) electrons. The second-order valence-corrected chi connectivity index (χ2v) is 7.73. The number of nitrogens with one attached hydrogen (secondary N) is 1. The van der Waals surface area contributed by atoms with Gasteiger partial charge in [-0.2, -0.15) is 0 Å². The molecule has 0 heterocycles. The molecule has 0 aliphatic rings. The summed E-state index contributed by atoms with van der Waals surface area (Å²) in [4.78, 5) is 11.8. The van der Waals surface area contributed by atoms with E-state index in [0.29, 0.717) is 5.56 Å². The maximum atomic E-state index is 11.8. The van der Waals surface area contributed by atoms with Gasteiger partial charge in [0.2, 0.25) is 10.0 Å². The Morgan fingerprint density at radius 3 is 2.24 bits per heavy atom. The number of sulfonamides is 1. The van der Waals surface area contributed by atoms with Gasteiger partial charge in [0.25, 0.3) is 5.91 Å². The number of ether oxygens (including phenoxy) is 1. The van der Waals surface area contributed by atoms with Crippen LogP contribution in [0.1, 0.15) is 5.56 Å². The van der Waals surface area contributed by atoms with E-state index in [1.54, 1.807) is 12.1 Å². The van der Waals surface area contributed by atoms with Crippen LogP contribution in [0.3, 0.4) is 0 Å². The molecule has 0 aromatic heterocycles. The second kappa shape index (κ2) is 8.25. The van der Waals surface area contributed by atoms with Crippen LogP contribution in [0.25, 0.3) is 0 Å². The molecule has 0 aliphatic carbocycles. The minimum atomic E-state index is -3.74. The number of benzene rings is 2. The van der Waals surface area contributed by atoms with Crippen LogP contribution in [-0.4, -0.2) is 20.9 Å². The zero-order chi connectivity index (χ0) is 18.6. The minimum absolute atomic E-state index is 0.000156. The molecule has 134 valence electrons. The van der Waals surface area contributed by atoms with Gasteiger partial charge in [0.15, 0.2) is 6.61 Å². The maximum absolute atomic E-state index is 11.8. The lowest BCUT2D eigenvalue weighted by Crippen LogP contribution is -2.28. The van der Waals surface area contributed by atoms with Crippen molar-refractivity contribution in [3.05, 3.63) is 57.0 Å². The minimum Gasteiger partial charge on any atom is -0.482 e. The first-order chi connectivity index (χ1) is 11.7. The summed E-state index contributed by atoms with van der Waals surface area (Å²) in [6.45, 7) is -0.0743. The van der Waals surface area contributed by atoms with Crippen LogP contribution in [0.5, 0.6) is 5.75 Å². The van der Waals surface area contributed by atoms with Crippen molar-refractivity contribution in [1.29, 1.82) is 0 Å². The van der Waals surface area contributed by atoms with Crippen LogP contribution in [0.15, 0.2) is 41.3 Å². The molecule has 0 saturated heterocycles. The van der Waals surface area contributed by atoms with Gasteiger partial charge in [-0.05, 0) is 23.8 Å². The summed E-state index contributed by atoms with van der Waals surface area (Å²) in [7, 11) is -3.74. The molecule has 0 unspecified atom stereocenters. The normalized spacial score (nSPS) is 11.2. The van der Waals surface area contributed by atoms with Crippen LogP contribution in [0, 0.1) is 0 Å². The molecule has 0 saturated carbocycles. The van der Waals surface area contributed by atoms with Gasteiger partial charge < -0.3 is 10.1 Å². The Bertz CT molecular complexity index is 886. The third-order valence-corrected chi connectivity index (χ3v) is 5.02. The average molecular weight is 424 g/mol. The first-order valence-corrected chi connectivity index (χ1v) is 9.50. The number of carbonyl (C=O) groups is 1. The molecule has 2 aromatic carbocycles. The molecule has 6 nitrogen and oxygen atoms in total. The predicted molar refractivity (Wildman–Crippen MR) is 96.6 cm³/mol. The third-order valence-electron chi connectivity index (χ3n) is 3.08. The summed E-state index contributed by atoms with van der Waals surface area (Å²) in [6, 6.07) is 8.68. The number of hydrogen-bond donors (Lipinski definition) is 2. The van der Waals surface area contributed by atoms with Gasteiger partial charge in [-0.1, -0.05) is 46.9 Å². The number of amides is 1. The maximum Gasteiger partial charge on any atom is 0.258 e. The summed E-state index contributed by atoms with van der Waals surface area (Å²) < 4.78 is 27.6. The molecule has 25 heavy (non-hydrogen) atoms. The van der Waals surface area contributed by atoms with Crippen molar-refractivity contribution < 1.29 is 17.9 Å². The highest BCUT2D eigenvalue weighted by molar-refractivity contribution is 7.89. The van der Waals surface area contributed by atoms with Gasteiger partial charge in [-0.15, -0.1) is 0 Å². The Kier molecular flexibility index (Phi) is 6.53. The topological polar surface area (TPSA) is 98.5 Å². The lowest BCUT2D eigenvalue weighted by atomic mass is 10.2. The quantitative estimate of drug-likeness (QED) is 0.698. The van der Waals surface area contributed by atoms with Crippen LogP contribution >= 0.6 is 34.8 Å². The largest absolute Gasteiger partial charge is 0.482 e. The fourth-order valence-electron chi connectivity index (χ4n) is 1.81. The predicted octanol–water partition coefficient (Wildman–Crippen LogP) is 2.99. The molecule has 10 heteroatoms. The Morgan fingerprint density at radius 1 is 1.04 bits per heavy atom. The molecule has 3 N–H and O–H groups in total. The average Bonchev–Trinajstić information content (AvgIpc) is 2.54. The van der Waals surface area contributed by atoms with E-state index < -0.39 is 15.9 Å². The van der Waals surface area contributed by atoms with Crippen molar-refractivity contribution >= 4 is 50.7 Å². The van der Waals surface area contributed by atoms with Gasteiger partial charge in [-0.25, -0.2) is 13.6 Å². The molecule has 1 amide bonds. The monoisotopic (exact) mass is 422 g/mol. The first kappa shape index (κ1) is 19.8. The standard InChI is InChI=1S/C15H13Cl3N2O4S/c16-11-5-13(18)14(6-12(11)17)24-8-15(21)20-7-9-1-3-10(4-2-9)25(19,22)23/h1-6H,7-8H2,(H,20,21)(H2,19,22,23). The van der Waals surface area contributed by atoms with Gasteiger partial charge in [0.05, 0.1) is 20.0 Å². The number of rotatable bonds is 6. The highest BCUT2D eigenvalue weighted by atomic mass is 35.5. The van der Waals surface area contributed by atoms with Crippen molar-refractivity contribution in [3.8, 4) is 5.75 Å². The second-order valence-electron chi connectivity index (χ2n) is 4.95. The molecule has 0 fully saturated rings. The number of hydrogen-bond acceptors (Lipinski definition) is 4. The van der Waals surface area contributed by atoms with Crippen LogP contribution in [-0.2, 0) is 21.4 Å². The smallest absolute Gasteiger partial charge is 0.258 e. The van der Waals surface area contributed by atoms with Crippen LogP contribution < -0.4 is 15.2 Å². The molecule has 0 atom stereocenters. The molecule has 2 aromatic rings. The van der Waals surface area contributed by atoms with E-state index in [4.69, 9.17) is 44.7 Å². The lowest BCUT2D eigenvalue weighted by molar-refractivity contribution is -0.123. The van der Waals surface area contributed by atoms with Crippen molar-refractivity contribution in [2.45, 2.75) is 11.4 Å². The van der Waals surface area contributed by atoms with E-state index >= 15 is 0 Å². The molecule has 2 rings (SSSR count). The van der Waals surface area contributed by atoms with Gasteiger partial charge in [-0.3, -0.25) is 4.79 Å². The van der Waals surface area contributed by atoms with Crippen molar-refractivity contribution in [1.82, 2.24) is 5.32 Å². The Morgan fingerprint density at radius 2 is 1.64 bits per heavy atom. The fraction of sp³-hybridized carbons (Fsp3) is 0.133. The van der Waals surface area contributed by atoms with E-state index in [-0.39, 0.29) is 38.9 Å². The van der Waals surface area contributed by atoms with E-state index in [9.17, 15) is 13.2 Å². The Hall–Kier alpha value is -1.51. The molecule has 0 aliphatic heterocycles. The summed E-state index contributed by atoms with van der Waals surface area (Å²) in [6.07, 6.45) is 0. The number of primary sulfonamides is 1. The summed E-state index contributed by atoms with van der Waals surface area (Å²) in [5.74, 6) is -0.151. The van der Waals surface area contributed by atoms with Gasteiger partial charge >= 0.3 is 0 Å². The lowest BCUT2D eigenvalue weighted by Gasteiger charge is -2.10. The summed E-state index contributed by atoms with van der Waals surface area (Å²) in [5, 5.41) is 8.42. The zero-order valence-corrected chi connectivity index (χ0v) is 15.7. The SMILES string of the molecule is NS(=O)(=O)c1ccc(CNC(=O)COc2cc(Cl)c(Cl)cc2Cl)cc1. The molecule has 0 bridgehead atoms. The van der Waals surface area contributed by atoms with Crippen LogP contribution in [0.2, 0.25) is 15.1 Å². The van der Waals surface area contributed by atoms with Crippen molar-refractivity contribution in [2.24, 2.45) is 5.14 Å². The highest BCUT2D eigenvalue weighted by Crippen LogP contribution is 2.33. The van der Waals surface area contributed by atoms with E-state index in [1.165, 1.54) is 24.3 Å². The number of nitrogens with two attached hydrogens (primary N) is 1. The van der Waals surface area contributed by atoms with E-state index in [0.717, 1.165) is 0 Å². The number of carbonyl (C=O) groups excluding carboxylic acids is 1. The molecular formula is C15H13Cl3N2O4S. The fourth-order valence-corrected chi connectivity index (χ4v) is 2.91. The van der Waals surface area contributed by atoms with Crippen LogP contribution in [0.4, 0.5) is 0 Å².